The molecule has 21 heavy (non-hydrogen) atoms. The summed E-state index contributed by atoms with van der Waals surface area (Å²) in [4.78, 5) is 0.329. The van der Waals surface area contributed by atoms with Gasteiger partial charge in [0.1, 0.15) is 0 Å². The van der Waals surface area contributed by atoms with Crippen molar-refractivity contribution in [1.29, 1.82) is 0 Å². The highest BCUT2D eigenvalue weighted by molar-refractivity contribution is 7.99. The van der Waals surface area contributed by atoms with Gasteiger partial charge < -0.3 is 10.3 Å². The van der Waals surface area contributed by atoms with E-state index in [4.69, 9.17) is 5.73 Å². The fraction of sp³-hybridized carbons (Fsp3) is 0.714. The van der Waals surface area contributed by atoms with Crippen LogP contribution in [0.25, 0.3) is 0 Å². The van der Waals surface area contributed by atoms with Crippen LogP contribution in [-0.2, 0) is 23.1 Å². The van der Waals surface area contributed by atoms with E-state index in [1.807, 2.05) is 11.5 Å². The lowest BCUT2D eigenvalue weighted by atomic mass is 9.96. The number of sulfonamides is 1. The van der Waals surface area contributed by atoms with Crippen molar-refractivity contribution in [2.45, 2.75) is 61.9 Å². The molecule has 2 atom stereocenters. The average Bonchev–Trinajstić information content (AvgIpc) is 2.91. The monoisotopic (exact) mass is 331 g/mol. The molecule has 5 nitrogen and oxygen atoms in total. The minimum atomic E-state index is -3.46. The predicted octanol–water partition coefficient (Wildman–Crippen LogP) is 1.92. The first-order valence-corrected chi connectivity index (χ1v) is 10.2. The van der Waals surface area contributed by atoms with Gasteiger partial charge in [0.15, 0.2) is 0 Å². The molecule has 2 unspecified atom stereocenters. The van der Waals surface area contributed by atoms with Crippen molar-refractivity contribution in [3.63, 3.8) is 0 Å². The lowest BCUT2D eigenvalue weighted by molar-refractivity contribution is 0.423. The summed E-state index contributed by atoms with van der Waals surface area (Å²) in [5, 5.41) is 0.371. The molecule has 0 bridgehead atoms. The van der Waals surface area contributed by atoms with Crippen molar-refractivity contribution < 1.29 is 8.42 Å². The van der Waals surface area contributed by atoms with E-state index in [-0.39, 0.29) is 6.04 Å². The molecular weight excluding hydrogens is 306 g/mol. The normalized spacial score (nSPS) is 23.4. The van der Waals surface area contributed by atoms with Crippen molar-refractivity contribution in [1.82, 2.24) is 9.29 Å². The van der Waals surface area contributed by atoms with E-state index < -0.39 is 10.0 Å². The van der Waals surface area contributed by atoms with Crippen LogP contribution in [0.15, 0.2) is 17.2 Å². The van der Waals surface area contributed by atoms with Crippen LogP contribution in [0.4, 0.5) is 0 Å². The highest BCUT2D eigenvalue weighted by Gasteiger charge is 2.29. The van der Waals surface area contributed by atoms with Gasteiger partial charge >= 0.3 is 0 Å². The Bertz CT molecular complexity index is 547. The van der Waals surface area contributed by atoms with E-state index in [0.717, 1.165) is 31.5 Å². The Morgan fingerprint density at radius 3 is 2.71 bits per heavy atom. The molecule has 0 aromatic carbocycles. The number of hydrogen-bond acceptors (Lipinski definition) is 4. The van der Waals surface area contributed by atoms with E-state index in [9.17, 15) is 8.42 Å². The van der Waals surface area contributed by atoms with Crippen molar-refractivity contribution in [3.8, 4) is 0 Å². The van der Waals surface area contributed by atoms with Crippen LogP contribution in [0.2, 0.25) is 0 Å². The quantitative estimate of drug-likeness (QED) is 0.835. The summed E-state index contributed by atoms with van der Waals surface area (Å²) in [5.41, 5.74) is 6.52. The molecule has 0 spiro atoms. The zero-order chi connectivity index (χ0) is 15.5. The van der Waals surface area contributed by atoms with Crippen molar-refractivity contribution >= 4 is 21.8 Å². The smallest absolute Gasteiger partial charge is 0.242 e. The zero-order valence-electron chi connectivity index (χ0n) is 12.7. The van der Waals surface area contributed by atoms with Gasteiger partial charge in [0, 0.05) is 36.3 Å². The third-order valence-electron chi connectivity index (χ3n) is 4.13. The summed E-state index contributed by atoms with van der Waals surface area (Å²) in [7, 11) is -3.46. The van der Waals surface area contributed by atoms with E-state index >= 15 is 0 Å². The number of thioether (sulfide) groups is 1. The molecule has 1 heterocycles. The minimum absolute atomic E-state index is 0.0325. The molecule has 0 amide bonds. The first-order valence-electron chi connectivity index (χ1n) is 7.46. The van der Waals surface area contributed by atoms with Crippen LogP contribution in [0, 0.1) is 0 Å². The third-order valence-corrected chi connectivity index (χ3v) is 6.76. The fourth-order valence-corrected chi connectivity index (χ4v) is 5.31. The fourth-order valence-electron chi connectivity index (χ4n) is 2.92. The molecule has 1 aromatic rings. The summed E-state index contributed by atoms with van der Waals surface area (Å²) >= 11 is 1.75. The molecular formula is C14H25N3O2S2. The molecule has 0 aliphatic heterocycles. The van der Waals surface area contributed by atoms with E-state index in [2.05, 4.69) is 11.0 Å². The molecule has 1 fully saturated rings. The second kappa shape index (κ2) is 7.17. The molecule has 7 heteroatoms. The molecule has 0 radical (unpaired) electrons. The Kier molecular flexibility index (Phi) is 5.76. The van der Waals surface area contributed by atoms with Crippen LogP contribution in [0.3, 0.4) is 0 Å². The first kappa shape index (κ1) is 16.9. The zero-order valence-corrected chi connectivity index (χ0v) is 14.3. The number of aryl methyl sites for hydroxylation is 1. The maximum absolute atomic E-state index is 12.6. The summed E-state index contributed by atoms with van der Waals surface area (Å²) in [6.07, 6.45) is 8.02. The summed E-state index contributed by atoms with van der Waals surface area (Å²) in [6, 6.07) is 1.72. The Morgan fingerprint density at radius 2 is 2.14 bits per heavy atom. The minimum Gasteiger partial charge on any atom is -0.349 e. The van der Waals surface area contributed by atoms with Gasteiger partial charge in [-0.1, -0.05) is 12.8 Å². The number of nitrogens with zero attached hydrogens (tertiary/aromatic N) is 1. The Morgan fingerprint density at radius 1 is 1.43 bits per heavy atom. The molecule has 1 aliphatic rings. The van der Waals surface area contributed by atoms with Crippen LogP contribution in [0.5, 0.6) is 0 Å². The van der Waals surface area contributed by atoms with E-state index in [1.165, 1.54) is 6.42 Å². The van der Waals surface area contributed by atoms with Gasteiger partial charge in [-0.15, -0.1) is 0 Å². The van der Waals surface area contributed by atoms with Crippen molar-refractivity contribution in [3.05, 3.63) is 18.0 Å². The van der Waals surface area contributed by atoms with Gasteiger partial charge in [0.25, 0.3) is 0 Å². The maximum Gasteiger partial charge on any atom is 0.242 e. The Hall–Kier alpha value is -0.500. The second-order valence-electron chi connectivity index (χ2n) is 5.44. The predicted molar refractivity (Wildman–Crippen MR) is 87.9 cm³/mol. The van der Waals surface area contributed by atoms with E-state index in [1.54, 1.807) is 24.0 Å². The molecule has 0 saturated heterocycles. The van der Waals surface area contributed by atoms with Gasteiger partial charge in [-0.05, 0) is 32.1 Å². The SMILES string of the molecule is CCn1cc(S(=O)(=O)NC2CCCCC2SC)cc1CN. The van der Waals surface area contributed by atoms with E-state index in [0.29, 0.717) is 16.7 Å². The van der Waals surface area contributed by atoms with Gasteiger partial charge in [0.05, 0.1) is 4.90 Å². The van der Waals surface area contributed by atoms with Gasteiger partial charge in [0.2, 0.25) is 10.0 Å². The molecule has 3 N–H and O–H groups in total. The number of aromatic nitrogens is 1. The van der Waals surface area contributed by atoms with Crippen molar-refractivity contribution in [2.75, 3.05) is 6.26 Å². The van der Waals surface area contributed by atoms with Gasteiger partial charge in [-0.3, -0.25) is 0 Å². The van der Waals surface area contributed by atoms with Crippen LogP contribution in [-0.4, -0.2) is 30.5 Å². The topological polar surface area (TPSA) is 77.1 Å². The third kappa shape index (κ3) is 3.83. The Balaban J connectivity index is 2.19. The average molecular weight is 332 g/mol. The van der Waals surface area contributed by atoms with Gasteiger partial charge in [-0.25, -0.2) is 13.1 Å². The largest absolute Gasteiger partial charge is 0.349 e. The van der Waals surface area contributed by atoms with Crippen LogP contribution >= 0.6 is 11.8 Å². The molecule has 2 rings (SSSR count). The standard InChI is InChI=1S/C14H25N3O2S2/c1-3-17-10-12(8-11(17)9-15)21(18,19)16-13-6-4-5-7-14(13)20-2/h8,10,13-14,16H,3-7,9,15H2,1-2H3. The van der Waals surface area contributed by atoms with Crippen LogP contribution < -0.4 is 10.5 Å². The number of nitrogens with two attached hydrogens (primary N) is 1. The lowest BCUT2D eigenvalue weighted by Crippen LogP contribution is -2.43. The summed E-state index contributed by atoms with van der Waals surface area (Å²) < 4.78 is 30.0. The maximum atomic E-state index is 12.6. The number of nitrogens with one attached hydrogen (secondary N) is 1. The summed E-state index contributed by atoms with van der Waals surface area (Å²) in [6.45, 7) is 3.05. The molecule has 1 saturated carbocycles. The molecule has 120 valence electrons. The molecule has 1 aliphatic carbocycles. The first-order chi connectivity index (χ1) is 10.0. The number of hydrogen-bond donors (Lipinski definition) is 2. The van der Waals surface area contributed by atoms with Gasteiger partial charge in [-0.2, -0.15) is 11.8 Å². The highest BCUT2D eigenvalue weighted by Crippen LogP contribution is 2.28. The lowest BCUT2D eigenvalue weighted by Gasteiger charge is -2.30. The van der Waals surface area contributed by atoms with Crippen LogP contribution in [0.1, 0.15) is 38.3 Å². The second-order valence-corrected chi connectivity index (χ2v) is 8.23. The highest BCUT2D eigenvalue weighted by atomic mass is 32.2. The van der Waals surface area contributed by atoms with Crippen molar-refractivity contribution in [2.24, 2.45) is 5.73 Å². The Labute approximate surface area is 131 Å². The molecule has 1 aromatic heterocycles. The number of rotatable bonds is 6. The summed E-state index contributed by atoms with van der Waals surface area (Å²) in [5.74, 6) is 0.